The van der Waals surface area contributed by atoms with Gasteiger partial charge in [0.25, 0.3) is 0 Å². The van der Waals surface area contributed by atoms with E-state index in [0.717, 1.165) is 45.2 Å². The number of halogens is 1. The number of aliphatic hydroxyl groups is 1. The smallest absolute Gasteiger partial charge is 0.310 e. The molecule has 0 aliphatic heterocycles. The minimum absolute atomic E-state index is 0.164. The molecule has 4 aromatic rings. The molecule has 0 saturated carbocycles. The maximum Gasteiger partial charge on any atom is 0.310 e. The highest BCUT2D eigenvalue weighted by molar-refractivity contribution is 8.00. The van der Waals surface area contributed by atoms with E-state index in [1.165, 1.54) is 11.8 Å². The number of hydrogen-bond acceptors (Lipinski definition) is 5. The Bertz CT molecular complexity index is 1290. The molecule has 0 saturated heterocycles. The summed E-state index contributed by atoms with van der Waals surface area (Å²) in [5.74, 6) is 0.114. The zero-order valence-corrected chi connectivity index (χ0v) is 20.5. The lowest BCUT2D eigenvalue weighted by Gasteiger charge is -2.34. The van der Waals surface area contributed by atoms with E-state index in [0.29, 0.717) is 17.2 Å². The van der Waals surface area contributed by atoms with E-state index in [9.17, 15) is 9.90 Å². The van der Waals surface area contributed by atoms with Gasteiger partial charge in [-0.25, -0.2) is 0 Å². The second-order valence-corrected chi connectivity index (χ2v) is 9.89. The summed E-state index contributed by atoms with van der Waals surface area (Å²) in [5, 5.41) is 14.2. The fraction of sp³-hybridized carbons (Fsp3) is 0.296. The molecule has 172 valence electrons. The standard InChI is InChI=1S/C27H27ClO4S/c1-4-9-24(33-23-15-14-17(16-20(23)28)31-25(29)5-2)27(3,30)19-11-8-13-22-26(19)18-10-6-7-12-21(18)32-22/h6-8,10-16,24,30H,4-5,9H2,1-3H3. The third-order valence-corrected chi connectivity index (χ3v) is 7.83. The van der Waals surface area contributed by atoms with Crippen LogP contribution in [0.1, 0.15) is 45.6 Å². The maximum atomic E-state index is 11.9. The maximum absolute atomic E-state index is 11.9. The Labute approximate surface area is 202 Å². The molecule has 0 bridgehead atoms. The van der Waals surface area contributed by atoms with Crippen molar-refractivity contribution in [2.75, 3.05) is 0 Å². The van der Waals surface area contributed by atoms with Gasteiger partial charge in [-0.15, -0.1) is 11.8 Å². The number of fused-ring (bicyclic) bond motifs is 3. The van der Waals surface area contributed by atoms with Crippen molar-refractivity contribution in [3.05, 3.63) is 71.2 Å². The van der Waals surface area contributed by atoms with Gasteiger partial charge in [-0.2, -0.15) is 0 Å². The van der Waals surface area contributed by atoms with Crippen molar-refractivity contribution in [1.29, 1.82) is 0 Å². The van der Waals surface area contributed by atoms with E-state index in [1.807, 2.05) is 55.5 Å². The van der Waals surface area contributed by atoms with Gasteiger partial charge < -0.3 is 14.3 Å². The van der Waals surface area contributed by atoms with E-state index < -0.39 is 5.60 Å². The lowest BCUT2D eigenvalue weighted by atomic mass is 9.87. The Hall–Kier alpha value is -2.47. The third-order valence-electron chi connectivity index (χ3n) is 5.82. The van der Waals surface area contributed by atoms with Gasteiger partial charge in [0.05, 0.1) is 10.6 Å². The van der Waals surface area contributed by atoms with Crippen molar-refractivity contribution in [3.63, 3.8) is 0 Å². The number of thioether (sulfide) groups is 1. The van der Waals surface area contributed by atoms with Crippen molar-refractivity contribution >= 4 is 51.3 Å². The Morgan fingerprint density at radius 3 is 2.61 bits per heavy atom. The Balaban J connectivity index is 1.72. The van der Waals surface area contributed by atoms with Crippen LogP contribution in [0.15, 0.2) is 70.0 Å². The molecule has 1 aromatic heterocycles. The van der Waals surface area contributed by atoms with Crippen LogP contribution in [0, 0.1) is 0 Å². The van der Waals surface area contributed by atoms with E-state index in [2.05, 4.69) is 6.92 Å². The Morgan fingerprint density at radius 1 is 1.12 bits per heavy atom. The number of para-hydroxylation sites is 1. The molecule has 1 N–H and O–H groups in total. The minimum atomic E-state index is -1.15. The Morgan fingerprint density at radius 2 is 1.88 bits per heavy atom. The number of furan rings is 1. The number of esters is 1. The average molecular weight is 483 g/mol. The van der Waals surface area contributed by atoms with Crippen LogP contribution in [-0.4, -0.2) is 16.3 Å². The van der Waals surface area contributed by atoms with Crippen molar-refractivity contribution in [2.24, 2.45) is 0 Å². The second-order valence-electron chi connectivity index (χ2n) is 8.24. The van der Waals surface area contributed by atoms with Gasteiger partial charge in [-0.05, 0) is 43.2 Å². The molecule has 2 unspecified atom stereocenters. The van der Waals surface area contributed by atoms with Gasteiger partial charge in [0, 0.05) is 33.4 Å². The topological polar surface area (TPSA) is 59.7 Å². The largest absolute Gasteiger partial charge is 0.456 e. The number of carbonyl (C=O) groups is 1. The number of ether oxygens (including phenoxy) is 1. The lowest BCUT2D eigenvalue weighted by molar-refractivity contribution is -0.134. The summed E-state index contributed by atoms with van der Waals surface area (Å²) >= 11 is 8.08. The number of carbonyl (C=O) groups excluding carboxylic acids is 1. The molecular formula is C27H27ClO4S. The minimum Gasteiger partial charge on any atom is -0.456 e. The van der Waals surface area contributed by atoms with Gasteiger partial charge >= 0.3 is 5.97 Å². The van der Waals surface area contributed by atoms with Crippen LogP contribution in [0.25, 0.3) is 21.9 Å². The zero-order valence-electron chi connectivity index (χ0n) is 18.9. The summed E-state index contributed by atoms with van der Waals surface area (Å²) in [6.45, 7) is 5.71. The first-order valence-corrected chi connectivity index (χ1v) is 12.4. The fourth-order valence-electron chi connectivity index (χ4n) is 4.08. The van der Waals surface area contributed by atoms with Gasteiger partial charge in [0.1, 0.15) is 16.9 Å². The predicted octanol–water partition coefficient (Wildman–Crippen LogP) is 7.72. The number of rotatable bonds is 8. The molecule has 1 heterocycles. The third kappa shape index (κ3) is 4.77. The summed E-state index contributed by atoms with van der Waals surface area (Å²) in [7, 11) is 0. The van der Waals surface area contributed by atoms with Gasteiger partial charge in [0.2, 0.25) is 0 Å². The number of benzene rings is 3. The van der Waals surface area contributed by atoms with E-state index in [4.69, 9.17) is 20.8 Å². The Kier molecular flexibility index (Phi) is 7.03. The van der Waals surface area contributed by atoms with Gasteiger partial charge in [0.15, 0.2) is 0 Å². The van der Waals surface area contributed by atoms with Crippen LogP contribution in [-0.2, 0) is 10.4 Å². The SMILES string of the molecule is CCCC(Sc1ccc(OC(=O)CC)cc1Cl)C(C)(O)c1cccc2oc3ccccc3c12. The van der Waals surface area contributed by atoms with Crippen molar-refractivity contribution < 1.29 is 19.1 Å². The highest BCUT2D eigenvalue weighted by Gasteiger charge is 2.36. The second kappa shape index (κ2) is 9.80. The fourth-order valence-corrected chi connectivity index (χ4v) is 5.72. The first-order chi connectivity index (χ1) is 15.8. The van der Waals surface area contributed by atoms with E-state index >= 15 is 0 Å². The van der Waals surface area contributed by atoms with Crippen LogP contribution in [0.3, 0.4) is 0 Å². The molecule has 4 rings (SSSR count). The average Bonchev–Trinajstić information content (AvgIpc) is 3.18. The molecule has 0 fully saturated rings. The quantitative estimate of drug-likeness (QED) is 0.158. The van der Waals surface area contributed by atoms with Crippen LogP contribution < -0.4 is 4.74 Å². The summed E-state index contributed by atoms with van der Waals surface area (Å²) in [6.07, 6.45) is 1.98. The molecular weight excluding hydrogens is 456 g/mol. The molecule has 33 heavy (non-hydrogen) atoms. The summed E-state index contributed by atoms with van der Waals surface area (Å²) in [5.41, 5.74) is 1.24. The van der Waals surface area contributed by atoms with Crippen molar-refractivity contribution in [1.82, 2.24) is 0 Å². The predicted molar refractivity (Wildman–Crippen MR) is 135 cm³/mol. The van der Waals surface area contributed by atoms with Crippen LogP contribution in [0.2, 0.25) is 5.02 Å². The molecule has 6 heteroatoms. The molecule has 3 aromatic carbocycles. The van der Waals surface area contributed by atoms with Crippen molar-refractivity contribution in [3.8, 4) is 5.75 Å². The van der Waals surface area contributed by atoms with Gasteiger partial charge in [-0.3, -0.25) is 4.79 Å². The first kappa shape index (κ1) is 23.7. The molecule has 0 aliphatic carbocycles. The zero-order chi connectivity index (χ0) is 23.6. The number of hydrogen-bond donors (Lipinski definition) is 1. The first-order valence-electron chi connectivity index (χ1n) is 11.1. The van der Waals surface area contributed by atoms with Crippen molar-refractivity contribution in [2.45, 2.75) is 55.8 Å². The molecule has 4 nitrogen and oxygen atoms in total. The normalized spacial score (nSPS) is 14.3. The monoisotopic (exact) mass is 482 g/mol. The molecule has 0 spiro atoms. The summed E-state index contributed by atoms with van der Waals surface area (Å²) < 4.78 is 11.3. The van der Waals surface area contributed by atoms with Gasteiger partial charge in [-0.1, -0.05) is 62.2 Å². The van der Waals surface area contributed by atoms with Crippen LogP contribution >= 0.6 is 23.4 Å². The molecule has 0 amide bonds. The highest BCUT2D eigenvalue weighted by Crippen LogP contribution is 2.45. The van der Waals surface area contributed by atoms with Crippen LogP contribution in [0.4, 0.5) is 0 Å². The van der Waals surface area contributed by atoms with E-state index in [1.54, 1.807) is 19.1 Å². The summed E-state index contributed by atoms with van der Waals surface area (Å²) in [6, 6.07) is 19.0. The molecule has 0 aliphatic rings. The van der Waals surface area contributed by atoms with E-state index in [-0.39, 0.29) is 11.2 Å². The molecule has 2 atom stereocenters. The summed E-state index contributed by atoms with van der Waals surface area (Å²) in [4.78, 5) is 12.4. The molecule has 0 radical (unpaired) electrons. The highest BCUT2D eigenvalue weighted by atomic mass is 35.5. The lowest BCUT2D eigenvalue weighted by Crippen LogP contribution is -2.34. The van der Waals surface area contributed by atoms with Crippen LogP contribution in [0.5, 0.6) is 5.75 Å².